The van der Waals surface area contributed by atoms with Gasteiger partial charge in [0.25, 0.3) is 0 Å². The first-order valence-electron chi connectivity index (χ1n) is 4.72. The van der Waals surface area contributed by atoms with E-state index in [1.165, 1.54) is 0 Å². The van der Waals surface area contributed by atoms with Crippen LogP contribution >= 0.6 is 0 Å². The van der Waals surface area contributed by atoms with E-state index in [4.69, 9.17) is 15.2 Å². The molecule has 82 valence electrons. The molecule has 1 aromatic rings. The van der Waals surface area contributed by atoms with Crippen LogP contribution < -0.4 is 10.5 Å². The van der Waals surface area contributed by atoms with E-state index in [2.05, 4.69) is 4.99 Å². The number of hydrogen-bond donors (Lipinski definition) is 1. The Hall–Kier alpha value is -1.55. The molecule has 15 heavy (non-hydrogen) atoms. The first kappa shape index (κ1) is 11.5. The zero-order valence-corrected chi connectivity index (χ0v) is 9.06. The van der Waals surface area contributed by atoms with Crippen molar-refractivity contribution in [3.63, 3.8) is 0 Å². The molecular weight excluding hydrogens is 192 g/mol. The van der Waals surface area contributed by atoms with Gasteiger partial charge in [-0.05, 0) is 12.1 Å². The molecule has 0 fully saturated rings. The maximum atomic E-state index is 5.83. The van der Waals surface area contributed by atoms with Crippen molar-refractivity contribution in [2.24, 2.45) is 10.7 Å². The van der Waals surface area contributed by atoms with Gasteiger partial charge in [-0.3, -0.25) is 4.99 Å². The number of para-hydroxylation sites is 1. The fraction of sp³-hybridized carbons (Fsp3) is 0.364. The van der Waals surface area contributed by atoms with Crippen molar-refractivity contribution in [2.45, 2.75) is 0 Å². The van der Waals surface area contributed by atoms with E-state index >= 15 is 0 Å². The minimum Gasteiger partial charge on any atom is -0.496 e. The number of rotatable bonds is 5. The zero-order valence-electron chi connectivity index (χ0n) is 9.06. The van der Waals surface area contributed by atoms with Crippen molar-refractivity contribution in [1.29, 1.82) is 0 Å². The molecule has 0 saturated heterocycles. The summed E-state index contributed by atoms with van der Waals surface area (Å²) in [4.78, 5) is 4.18. The van der Waals surface area contributed by atoms with Crippen molar-refractivity contribution in [2.75, 3.05) is 27.4 Å². The third-order valence-electron chi connectivity index (χ3n) is 1.96. The van der Waals surface area contributed by atoms with Gasteiger partial charge in [-0.2, -0.15) is 0 Å². The first-order valence-corrected chi connectivity index (χ1v) is 4.72. The molecule has 1 aromatic carbocycles. The quantitative estimate of drug-likeness (QED) is 0.447. The van der Waals surface area contributed by atoms with E-state index in [9.17, 15) is 0 Å². The maximum Gasteiger partial charge on any atom is 0.129 e. The monoisotopic (exact) mass is 208 g/mol. The van der Waals surface area contributed by atoms with Gasteiger partial charge < -0.3 is 15.2 Å². The molecule has 0 heterocycles. The van der Waals surface area contributed by atoms with Crippen LogP contribution in [0.5, 0.6) is 5.75 Å². The summed E-state index contributed by atoms with van der Waals surface area (Å²) in [7, 11) is 3.25. The van der Waals surface area contributed by atoms with Crippen LogP contribution in [0.25, 0.3) is 0 Å². The number of benzene rings is 1. The van der Waals surface area contributed by atoms with E-state index in [0.29, 0.717) is 19.0 Å². The average molecular weight is 208 g/mol. The van der Waals surface area contributed by atoms with Crippen LogP contribution in [0.2, 0.25) is 0 Å². The minimum absolute atomic E-state index is 0.476. The Morgan fingerprint density at radius 2 is 2.07 bits per heavy atom. The molecule has 4 nitrogen and oxygen atoms in total. The lowest BCUT2D eigenvalue weighted by molar-refractivity contribution is 0.208. The molecule has 0 aliphatic carbocycles. The number of nitrogens with zero attached hydrogens (tertiary/aromatic N) is 1. The van der Waals surface area contributed by atoms with Crippen LogP contribution in [0.15, 0.2) is 29.3 Å². The fourth-order valence-electron chi connectivity index (χ4n) is 1.20. The number of hydrogen-bond acceptors (Lipinski definition) is 3. The Kier molecular flexibility index (Phi) is 4.63. The highest BCUT2D eigenvalue weighted by Crippen LogP contribution is 2.16. The van der Waals surface area contributed by atoms with Gasteiger partial charge in [0.1, 0.15) is 11.6 Å². The molecule has 1 rings (SSSR count). The second kappa shape index (κ2) is 6.03. The minimum atomic E-state index is 0.476. The molecule has 0 amide bonds. The molecule has 0 bridgehead atoms. The topological polar surface area (TPSA) is 56.8 Å². The normalized spacial score (nSPS) is 11.5. The molecule has 0 aromatic heterocycles. The van der Waals surface area contributed by atoms with Gasteiger partial charge in [-0.15, -0.1) is 0 Å². The van der Waals surface area contributed by atoms with Gasteiger partial charge in [-0.1, -0.05) is 12.1 Å². The van der Waals surface area contributed by atoms with Crippen molar-refractivity contribution >= 4 is 5.84 Å². The first-order chi connectivity index (χ1) is 7.29. The van der Waals surface area contributed by atoms with Crippen LogP contribution in [0, 0.1) is 0 Å². The summed E-state index contributed by atoms with van der Waals surface area (Å²) in [6.45, 7) is 1.12. The Balaban J connectivity index is 2.80. The number of methoxy groups -OCH3 is 2. The molecular formula is C11H16N2O2. The molecule has 0 radical (unpaired) electrons. The summed E-state index contributed by atoms with van der Waals surface area (Å²) in [6.07, 6.45) is 0. The van der Waals surface area contributed by atoms with E-state index in [0.717, 1.165) is 11.3 Å². The second-order valence-corrected chi connectivity index (χ2v) is 2.96. The van der Waals surface area contributed by atoms with Crippen molar-refractivity contribution in [3.8, 4) is 5.75 Å². The molecule has 0 saturated carbocycles. The van der Waals surface area contributed by atoms with E-state index in [-0.39, 0.29) is 0 Å². The maximum absolute atomic E-state index is 5.83. The fourth-order valence-corrected chi connectivity index (χ4v) is 1.20. The van der Waals surface area contributed by atoms with Gasteiger partial charge >= 0.3 is 0 Å². The number of amidine groups is 1. The lowest BCUT2D eigenvalue weighted by Gasteiger charge is -2.07. The molecule has 2 N–H and O–H groups in total. The molecule has 0 aliphatic heterocycles. The van der Waals surface area contributed by atoms with E-state index < -0.39 is 0 Å². The van der Waals surface area contributed by atoms with Crippen LogP contribution in [0.3, 0.4) is 0 Å². The molecule has 0 atom stereocenters. The highest BCUT2D eigenvalue weighted by atomic mass is 16.5. The Morgan fingerprint density at radius 3 is 2.73 bits per heavy atom. The van der Waals surface area contributed by atoms with Gasteiger partial charge in [0.2, 0.25) is 0 Å². The summed E-state index contributed by atoms with van der Waals surface area (Å²) >= 11 is 0. The smallest absolute Gasteiger partial charge is 0.129 e. The SMILES string of the molecule is COCCN=C(N)c1ccccc1OC. The third-order valence-corrected chi connectivity index (χ3v) is 1.96. The highest BCUT2D eigenvalue weighted by Gasteiger charge is 2.04. The largest absolute Gasteiger partial charge is 0.496 e. The van der Waals surface area contributed by atoms with Crippen molar-refractivity contribution < 1.29 is 9.47 Å². The molecule has 0 spiro atoms. The summed E-state index contributed by atoms with van der Waals surface area (Å²) in [5, 5.41) is 0. The van der Waals surface area contributed by atoms with Crippen LogP contribution in [0.4, 0.5) is 0 Å². The predicted molar refractivity (Wildman–Crippen MR) is 60.5 cm³/mol. The summed E-state index contributed by atoms with van der Waals surface area (Å²) in [5.41, 5.74) is 6.64. The van der Waals surface area contributed by atoms with Crippen LogP contribution in [0.1, 0.15) is 5.56 Å². The highest BCUT2D eigenvalue weighted by molar-refractivity contribution is 5.99. The molecule has 0 unspecified atom stereocenters. The summed E-state index contributed by atoms with van der Waals surface area (Å²) < 4.78 is 10.1. The van der Waals surface area contributed by atoms with E-state index in [1.54, 1.807) is 14.2 Å². The van der Waals surface area contributed by atoms with Gasteiger partial charge in [0.05, 0.1) is 25.8 Å². The third kappa shape index (κ3) is 3.25. The lowest BCUT2D eigenvalue weighted by Crippen LogP contribution is -2.15. The molecule has 4 heteroatoms. The van der Waals surface area contributed by atoms with Crippen molar-refractivity contribution in [3.05, 3.63) is 29.8 Å². The summed E-state index contributed by atoms with van der Waals surface area (Å²) in [5.74, 6) is 1.21. The number of nitrogens with two attached hydrogens (primary N) is 1. The Bertz CT molecular complexity index is 337. The standard InChI is InChI=1S/C11H16N2O2/c1-14-8-7-13-11(12)9-5-3-4-6-10(9)15-2/h3-6H,7-8H2,1-2H3,(H2,12,13). The van der Waals surface area contributed by atoms with Gasteiger partial charge in [-0.25, -0.2) is 0 Å². The van der Waals surface area contributed by atoms with E-state index in [1.807, 2.05) is 24.3 Å². The lowest BCUT2D eigenvalue weighted by atomic mass is 10.2. The number of ether oxygens (including phenoxy) is 2. The summed E-state index contributed by atoms with van der Waals surface area (Å²) in [6, 6.07) is 7.53. The average Bonchev–Trinajstić information content (AvgIpc) is 2.29. The molecule has 0 aliphatic rings. The zero-order chi connectivity index (χ0) is 11.1. The van der Waals surface area contributed by atoms with Crippen LogP contribution in [-0.4, -0.2) is 33.2 Å². The van der Waals surface area contributed by atoms with Gasteiger partial charge in [0, 0.05) is 7.11 Å². The number of aliphatic imine (C=N–C) groups is 1. The second-order valence-electron chi connectivity index (χ2n) is 2.96. The van der Waals surface area contributed by atoms with Gasteiger partial charge in [0.15, 0.2) is 0 Å². The Labute approximate surface area is 89.7 Å². The Morgan fingerprint density at radius 1 is 1.33 bits per heavy atom. The van der Waals surface area contributed by atoms with Crippen LogP contribution in [-0.2, 0) is 4.74 Å². The van der Waals surface area contributed by atoms with Crippen molar-refractivity contribution in [1.82, 2.24) is 0 Å². The predicted octanol–water partition coefficient (Wildman–Crippen LogP) is 1.05.